The maximum atomic E-state index is 9.99. The van der Waals surface area contributed by atoms with Crippen LogP contribution in [0, 0.1) is 0 Å². The minimum absolute atomic E-state index is 0.198. The summed E-state index contributed by atoms with van der Waals surface area (Å²) >= 11 is 12.0. The Hall–Kier alpha value is -2.50. The van der Waals surface area contributed by atoms with E-state index < -0.39 is 0 Å². The van der Waals surface area contributed by atoms with Crippen molar-refractivity contribution in [1.29, 1.82) is 0 Å². The van der Waals surface area contributed by atoms with E-state index in [0.29, 0.717) is 27.9 Å². The van der Waals surface area contributed by atoms with E-state index in [1.54, 1.807) is 18.2 Å². The molecule has 1 N–H and O–H groups in total. The van der Waals surface area contributed by atoms with E-state index in [4.69, 9.17) is 32.4 Å². The predicted molar refractivity (Wildman–Crippen MR) is 108 cm³/mol. The van der Waals surface area contributed by atoms with Crippen LogP contribution < -0.4 is 4.74 Å². The molecule has 0 bridgehead atoms. The molecule has 0 aliphatic rings. The first kappa shape index (κ1) is 19.3. The Morgan fingerprint density at radius 1 is 1.19 bits per heavy atom. The molecule has 3 rings (SSSR count). The first-order valence-electron chi connectivity index (χ1n) is 8.49. The normalized spacial score (nSPS) is 11.2. The highest BCUT2D eigenvalue weighted by molar-refractivity contribution is 6.35. The van der Waals surface area contributed by atoms with Crippen molar-refractivity contribution in [3.63, 3.8) is 0 Å². The van der Waals surface area contributed by atoms with Crippen LogP contribution in [0.15, 0.2) is 51.9 Å². The third-order valence-corrected chi connectivity index (χ3v) is 4.29. The molecule has 0 amide bonds. The van der Waals surface area contributed by atoms with Gasteiger partial charge in [0.15, 0.2) is 5.69 Å². The minimum Gasteiger partial charge on any atom is -0.494 e. The van der Waals surface area contributed by atoms with Crippen molar-refractivity contribution in [2.45, 2.75) is 19.8 Å². The van der Waals surface area contributed by atoms with Gasteiger partial charge in [-0.15, -0.1) is 0 Å². The Morgan fingerprint density at radius 2 is 1.96 bits per heavy atom. The third-order valence-electron chi connectivity index (χ3n) is 3.74. The topological polar surface area (TPSA) is 67.9 Å². The molecule has 3 aromatic rings. The smallest absolute Gasteiger partial charge is 0.312 e. The van der Waals surface area contributed by atoms with Gasteiger partial charge in [-0.2, -0.15) is 0 Å². The lowest BCUT2D eigenvalue weighted by Gasteiger charge is -2.05. The molecule has 0 fully saturated rings. The number of aromatic nitrogens is 1. The summed E-state index contributed by atoms with van der Waals surface area (Å²) in [5.74, 6) is 0.738. The Bertz CT molecular complexity index is 937. The Balaban J connectivity index is 1.76. The van der Waals surface area contributed by atoms with E-state index in [-0.39, 0.29) is 17.5 Å². The van der Waals surface area contributed by atoms with Crippen LogP contribution in [-0.2, 0) is 0 Å². The quantitative estimate of drug-likeness (QED) is 0.371. The predicted octanol–water partition coefficient (Wildman–Crippen LogP) is 6.28. The van der Waals surface area contributed by atoms with Gasteiger partial charge in [-0.3, -0.25) is 4.99 Å². The molecule has 2 aromatic carbocycles. The Kier molecular flexibility index (Phi) is 6.37. The Labute approximate surface area is 167 Å². The number of aromatic hydroxyl groups is 1. The average molecular weight is 405 g/mol. The molecule has 5 nitrogen and oxygen atoms in total. The lowest BCUT2D eigenvalue weighted by atomic mass is 10.2. The first-order chi connectivity index (χ1) is 13.1. The molecule has 1 heterocycles. The molecule has 0 spiro atoms. The first-order valence-corrected chi connectivity index (χ1v) is 9.24. The third kappa shape index (κ3) is 5.02. The van der Waals surface area contributed by atoms with Crippen LogP contribution in [0.4, 0.5) is 5.69 Å². The number of ether oxygens (including phenoxy) is 1. The zero-order valence-electron chi connectivity index (χ0n) is 14.7. The van der Waals surface area contributed by atoms with Crippen molar-refractivity contribution in [2.75, 3.05) is 6.61 Å². The van der Waals surface area contributed by atoms with Gasteiger partial charge < -0.3 is 14.3 Å². The van der Waals surface area contributed by atoms with Crippen molar-refractivity contribution in [2.24, 2.45) is 4.99 Å². The van der Waals surface area contributed by atoms with Gasteiger partial charge in [0, 0.05) is 10.6 Å². The van der Waals surface area contributed by atoms with Crippen LogP contribution in [0.3, 0.4) is 0 Å². The van der Waals surface area contributed by atoms with E-state index in [1.807, 2.05) is 24.3 Å². The highest BCUT2D eigenvalue weighted by Crippen LogP contribution is 2.30. The van der Waals surface area contributed by atoms with E-state index in [1.165, 1.54) is 6.21 Å². The summed E-state index contributed by atoms with van der Waals surface area (Å²) < 4.78 is 11.0. The van der Waals surface area contributed by atoms with E-state index >= 15 is 0 Å². The summed E-state index contributed by atoms with van der Waals surface area (Å²) in [7, 11) is 0. The zero-order chi connectivity index (χ0) is 19.2. The van der Waals surface area contributed by atoms with Crippen molar-refractivity contribution in [3.05, 3.63) is 58.2 Å². The molecule has 27 heavy (non-hydrogen) atoms. The summed E-state index contributed by atoms with van der Waals surface area (Å²) in [6.45, 7) is 2.80. The zero-order valence-corrected chi connectivity index (χ0v) is 16.2. The van der Waals surface area contributed by atoms with E-state index in [2.05, 4.69) is 16.9 Å². The highest BCUT2D eigenvalue weighted by atomic mass is 35.5. The lowest BCUT2D eigenvalue weighted by molar-refractivity contribution is 0.309. The van der Waals surface area contributed by atoms with Gasteiger partial charge in [0.05, 0.1) is 23.5 Å². The second-order valence-corrected chi connectivity index (χ2v) is 6.63. The van der Waals surface area contributed by atoms with Gasteiger partial charge in [0.2, 0.25) is 5.89 Å². The van der Waals surface area contributed by atoms with Crippen molar-refractivity contribution < 1.29 is 14.3 Å². The Morgan fingerprint density at radius 3 is 2.70 bits per heavy atom. The molecular weight excluding hydrogens is 387 g/mol. The number of benzene rings is 2. The summed E-state index contributed by atoms with van der Waals surface area (Å²) in [5.41, 5.74) is 1.39. The molecule has 140 valence electrons. The van der Waals surface area contributed by atoms with E-state index in [0.717, 1.165) is 18.6 Å². The second kappa shape index (κ2) is 8.93. The number of rotatable bonds is 7. The van der Waals surface area contributed by atoms with Crippen LogP contribution in [0.5, 0.6) is 11.7 Å². The number of oxazole rings is 1. The fraction of sp³-hybridized carbons (Fsp3) is 0.200. The molecule has 0 radical (unpaired) electrons. The van der Waals surface area contributed by atoms with Gasteiger partial charge in [-0.25, -0.2) is 4.98 Å². The SMILES string of the molecule is CCCCOc1ccc(-c2nc(C=Nc3cc(Cl)ccc3Cl)c(O)o2)cc1. The van der Waals surface area contributed by atoms with E-state index in [9.17, 15) is 5.11 Å². The molecule has 0 aliphatic carbocycles. The van der Waals surface area contributed by atoms with Crippen LogP contribution in [0.1, 0.15) is 25.5 Å². The van der Waals surface area contributed by atoms with Gasteiger partial charge in [-0.1, -0.05) is 36.5 Å². The minimum atomic E-state index is -0.324. The maximum Gasteiger partial charge on any atom is 0.312 e. The molecule has 0 aliphatic heterocycles. The number of aliphatic imine (C=N–C) groups is 1. The van der Waals surface area contributed by atoms with Gasteiger partial charge in [0.25, 0.3) is 0 Å². The van der Waals surface area contributed by atoms with Gasteiger partial charge in [-0.05, 0) is 48.9 Å². The fourth-order valence-corrected chi connectivity index (χ4v) is 2.61. The number of nitrogens with zero attached hydrogens (tertiary/aromatic N) is 2. The summed E-state index contributed by atoms with van der Waals surface area (Å²) in [6, 6.07) is 12.3. The number of hydrogen-bond acceptors (Lipinski definition) is 5. The molecule has 7 heteroatoms. The van der Waals surface area contributed by atoms with Crippen LogP contribution in [0.25, 0.3) is 11.5 Å². The van der Waals surface area contributed by atoms with Crippen LogP contribution in [0.2, 0.25) is 10.0 Å². The van der Waals surface area contributed by atoms with Crippen LogP contribution >= 0.6 is 23.2 Å². The monoisotopic (exact) mass is 404 g/mol. The van der Waals surface area contributed by atoms with Crippen molar-refractivity contribution in [1.82, 2.24) is 4.98 Å². The average Bonchev–Trinajstić information content (AvgIpc) is 3.04. The number of unbranched alkanes of at least 4 members (excludes halogenated alkanes) is 1. The largest absolute Gasteiger partial charge is 0.494 e. The molecular formula is C20H18Cl2N2O3. The van der Waals surface area contributed by atoms with Crippen LogP contribution in [-0.4, -0.2) is 22.9 Å². The molecule has 1 aromatic heterocycles. The number of hydrogen-bond donors (Lipinski definition) is 1. The van der Waals surface area contributed by atoms with Crippen molar-refractivity contribution >= 4 is 35.1 Å². The molecule has 0 unspecified atom stereocenters. The summed E-state index contributed by atoms with van der Waals surface area (Å²) in [6.07, 6.45) is 3.47. The summed E-state index contributed by atoms with van der Waals surface area (Å²) in [5, 5.41) is 10.9. The number of halogens is 2. The van der Waals surface area contributed by atoms with Gasteiger partial charge >= 0.3 is 5.95 Å². The maximum absolute atomic E-state index is 9.99. The van der Waals surface area contributed by atoms with Gasteiger partial charge in [0.1, 0.15) is 5.75 Å². The van der Waals surface area contributed by atoms with Crippen molar-refractivity contribution in [3.8, 4) is 23.1 Å². The fourth-order valence-electron chi connectivity index (χ4n) is 2.27. The molecule has 0 saturated carbocycles. The standard InChI is InChI=1S/C20H18Cl2N2O3/c1-2-3-10-26-15-7-4-13(5-8-15)19-24-18(20(25)27-19)12-23-17-11-14(21)6-9-16(17)22/h4-9,11-12,25H,2-3,10H2,1H3. The second-order valence-electron chi connectivity index (χ2n) is 5.79. The molecule has 0 saturated heterocycles. The molecule has 0 atom stereocenters. The summed E-state index contributed by atoms with van der Waals surface area (Å²) in [4.78, 5) is 8.49. The highest BCUT2D eigenvalue weighted by Gasteiger charge is 2.13. The lowest BCUT2D eigenvalue weighted by Crippen LogP contribution is -1.95.